The maximum Gasteiger partial charge on any atom is 0.270 e. The monoisotopic (exact) mass is 332 g/mol. The van der Waals surface area contributed by atoms with E-state index in [0.29, 0.717) is 16.3 Å². The minimum Gasteiger partial charge on any atom is -0.506 e. The van der Waals surface area contributed by atoms with Crippen LogP contribution >= 0.6 is 23.2 Å². The van der Waals surface area contributed by atoms with Gasteiger partial charge in [-0.1, -0.05) is 53.5 Å². The van der Waals surface area contributed by atoms with E-state index in [1.165, 1.54) is 12.1 Å². The number of aliphatic hydroxyl groups is 1. The Bertz CT molecular complexity index is 780. The molecule has 0 atom stereocenters. The van der Waals surface area contributed by atoms with Crippen molar-refractivity contribution in [3.05, 3.63) is 69.7 Å². The number of nitrogens with zero attached hydrogens (tertiary/aromatic N) is 1. The number of halogens is 2. The third-order valence-corrected chi connectivity index (χ3v) is 3.54. The molecule has 2 aromatic carbocycles. The molecule has 1 amide bonds. The Balaban J connectivity index is 2.30. The molecule has 0 aromatic heterocycles. The molecule has 0 saturated heterocycles. The number of rotatable bonds is 3. The van der Waals surface area contributed by atoms with Gasteiger partial charge in [0.25, 0.3) is 5.91 Å². The largest absolute Gasteiger partial charge is 0.506 e. The van der Waals surface area contributed by atoms with Crippen molar-refractivity contribution in [1.82, 2.24) is 0 Å². The van der Waals surface area contributed by atoms with E-state index in [0.717, 1.165) is 0 Å². The molecule has 0 heterocycles. The van der Waals surface area contributed by atoms with Gasteiger partial charge in [-0.25, -0.2) is 0 Å². The number of amides is 1. The summed E-state index contributed by atoms with van der Waals surface area (Å²) in [5.41, 5.74) is 0.355. The molecule has 0 aliphatic carbocycles. The average Bonchev–Trinajstić information content (AvgIpc) is 2.52. The lowest BCUT2D eigenvalue weighted by Crippen LogP contribution is -2.15. The fourth-order valence-corrected chi connectivity index (χ4v) is 2.02. The Morgan fingerprint density at radius 2 is 1.77 bits per heavy atom. The minimum atomic E-state index is -0.734. The fraction of sp³-hybridized carbons (Fsp3) is 0. The Morgan fingerprint density at radius 3 is 2.36 bits per heavy atom. The molecule has 22 heavy (non-hydrogen) atoms. The number of nitrogens with one attached hydrogen (secondary N) is 1. The summed E-state index contributed by atoms with van der Waals surface area (Å²) in [6, 6.07) is 14.6. The summed E-state index contributed by atoms with van der Waals surface area (Å²) in [6.07, 6.45) is 0. The van der Waals surface area contributed by atoms with Crippen LogP contribution in [0.1, 0.15) is 5.56 Å². The van der Waals surface area contributed by atoms with Gasteiger partial charge in [-0.15, -0.1) is 0 Å². The van der Waals surface area contributed by atoms with Crippen LogP contribution in [0.5, 0.6) is 0 Å². The smallest absolute Gasteiger partial charge is 0.270 e. The summed E-state index contributed by atoms with van der Waals surface area (Å²) in [7, 11) is 0. The molecule has 0 saturated carbocycles. The number of carbonyl (C=O) groups is 1. The SMILES string of the molecule is N#C/C(C(=O)Nc1ccc(Cl)c(Cl)c1)=C(/O)c1ccccc1. The highest BCUT2D eigenvalue weighted by Gasteiger charge is 2.17. The van der Waals surface area contributed by atoms with Crippen molar-refractivity contribution in [2.45, 2.75) is 0 Å². The first-order valence-corrected chi connectivity index (χ1v) is 6.93. The Morgan fingerprint density at radius 1 is 1.09 bits per heavy atom. The molecule has 0 radical (unpaired) electrons. The number of hydrogen-bond acceptors (Lipinski definition) is 3. The molecule has 2 aromatic rings. The standard InChI is InChI=1S/C16H10Cl2N2O2/c17-13-7-6-11(8-14(13)18)20-16(22)12(9-19)15(21)10-4-2-1-3-5-10/h1-8,21H,(H,20,22)/b15-12-. The summed E-state index contributed by atoms with van der Waals surface area (Å²) < 4.78 is 0. The lowest BCUT2D eigenvalue weighted by atomic mass is 10.1. The number of carbonyl (C=O) groups excluding carboxylic acids is 1. The number of nitriles is 1. The second-order valence-electron chi connectivity index (χ2n) is 4.28. The average molecular weight is 333 g/mol. The van der Waals surface area contributed by atoms with Gasteiger partial charge in [0.05, 0.1) is 10.0 Å². The van der Waals surface area contributed by atoms with Crippen LogP contribution in [-0.4, -0.2) is 11.0 Å². The van der Waals surface area contributed by atoms with Gasteiger partial charge in [0.1, 0.15) is 11.8 Å². The molecule has 0 aliphatic heterocycles. The number of hydrogen-bond donors (Lipinski definition) is 2. The van der Waals surface area contributed by atoms with Crippen molar-refractivity contribution in [2.75, 3.05) is 5.32 Å². The van der Waals surface area contributed by atoms with Crippen LogP contribution in [0.3, 0.4) is 0 Å². The predicted octanol–water partition coefficient (Wildman–Crippen LogP) is 4.42. The number of anilines is 1. The van der Waals surface area contributed by atoms with Crippen LogP contribution in [0.15, 0.2) is 54.1 Å². The Labute approximate surface area is 137 Å². The van der Waals surface area contributed by atoms with Crippen LogP contribution in [0.4, 0.5) is 5.69 Å². The van der Waals surface area contributed by atoms with Crippen LogP contribution in [-0.2, 0) is 4.79 Å². The molecule has 4 nitrogen and oxygen atoms in total. The first kappa shape index (κ1) is 15.9. The van der Waals surface area contributed by atoms with Crippen molar-refractivity contribution in [3.63, 3.8) is 0 Å². The topological polar surface area (TPSA) is 73.1 Å². The fourth-order valence-electron chi connectivity index (χ4n) is 1.72. The lowest BCUT2D eigenvalue weighted by molar-refractivity contribution is -0.112. The van der Waals surface area contributed by atoms with Gasteiger partial charge in [0, 0.05) is 11.3 Å². The predicted molar refractivity (Wildman–Crippen MR) is 86.7 cm³/mol. The van der Waals surface area contributed by atoms with E-state index < -0.39 is 11.5 Å². The van der Waals surface area contributed by atoms with E-state index in [9.17, 15) is 9.90 Å². The van der Waals surface area contributed by atoms with Crippen LogP contribution in [0.2, 0.25) is 10.0 Å². The highest BCUT2D eigenvalue weighted by molar-refractivity contribution is 6.42. The maximum absolute atomic E-state index is 12.1. The molecule has 0 aliphatic rings. The second kappa shape index (κ2) is 6.99. The van der Waals surface area contributed by atoms with Gasteiger partial charge in [0.15, 0.2) is 5.57 Å². The molecular formula is C16H10Cl2N2O2. The molecular weight excluding hydrogens is 323 g/mol. The summed E-state index contributed by atoms with van der Waals surface area (Å²) in [6.45, 7) is 0. The summed E-state index contributed by atoms with van der Waals surface area (Å²) in [5.74, 6) is -1.12. The van der Waals surface area contributed by atoms with E-state index in [2.05, 4.69) is 5.32 Å². The zero-order valence-electron chi connectivity index (χ0n) is 11.2. The van der Waals surface area contributed by atoms with E-state index in [4.69, 9.17) is 28.5 Å². The lowest BCUT2D eigenvalue weighted by Gasteiger charge is -2.07. The molecule has 0 spiro atoms. The zero-order valence-corrected chi connectivity index (χ0v) is 12.7. The second-order valence-corrected chi connectivity index (χ2v) is 5.10. The minimum absolute atomic E-state index is 0.272. The van der Waals surface area contributed by atoms with Gasteiger partial charge in [-0.2, -0.15) is 5.26 Å². The molecule has 0 fully saturated rings. The van der Waals surface area contributed by atoms with Crippen molar-refractivity contribution in [2.24, 2.45) is 0 Å². The normalized spacial score (nSPS) is 11.3. The first-order chi connectivity index (χ1) is 10.5. The van der Waals surface area contributed by atoms with Crippen LogP contribution in [0, 0.1) is 11.3 Å². The van der Waals surface area contributed by atoms with Crippen molar-refractivity contribution in [1.29, 1.82) is 5.26 Å². The number of benzene rings is 2. The van der Waals surface area contributed by atoms with E-state index in [1.807, 2.05) is 0 Å². The summed E-state index contributed by atoms with van der Waals surface area (Å²) in [4.78, 5) is 12.1. The van der Waals surface area contributed by atoms with E-state index in [-0.39, 0.29) is 10.8 Å². The third-order valence-electron chi connectivity index (χ3n) is 2.80. The van der Waals surface area contributed by atoms with Gasteiger partial charge < -0.3 is 10.4 Å². The van der Waals surface area contributed by atoms with Gasteiger partial charge >= 0.3 is 0 Å². The first-order valence-electron chi connectivity index (χ1n) is 6.18. The molecule has 2 N–H and O–H groups in total. The zero-order chi connectivity index (χ0) is 16.1. The Kier molecular flexibility index (Phi) is 5.05. The van der Waals surface area contributed by atoms with Gasteiger partial charge in [-0.3, -0.25) is 4.79 Å². The Hall–Kier alpha value is -2.48. The molecule has 2 rings (SSSR count). The van der Waals surface area contributed by atoms with Gasteiger partial charge in [-0.05, 0) is 18.2 Å². The molecule has 6 heteroatoms. The van der Waals surface area contributed by atoms with E-state index in [1.54, 1.807) is 42.5 Å². The quantitative estimate of drug-likeness (QED) is 0.496. The maximum atomic E-state index is 12.1. The summed E-state index contributed by atoms with van der Waals surface area (Å²) in [5, 5.41) is 22.3. The number of aliphatic hydroxyl groups excluding tert-OH is 1. The van der Waals surface area contributed by atoms with Crippen molar-refractivity contribution < 1.29 is 9.90 Å². The molecule has 0 unspecified atom stereocenters. The van der Waals surface area contributed by atoms with Crippen molar-refractivity contribution in [3.8, 4) is 6.07 Å². The third kappa shape index (κ3) is 3.59. The van der Waals surface area contributed by atoms with Crippen molar-refractivity contribution >= 4 is 40.6 Å². The van der Waals surface area contributed by atoms with Crippen LogP contribution < -0.4 is 5.32 Å². The van der Waals surface area contributed by atoms with Crippen LogP contribution in [0.25, 0.3) is 5.76 Å². The summed E-state index contributed by atoms with van der Waals surface area (Å²) >= 11 is 11.7. The molecule has 0 bridgehead atoms. The molecule has 110 valence electrons. The van der Waals surface area contributed by atoms with E-state index >= 15 is 0 Å². The highest BCUT2D eigenvalue weighted by atomic mass is 35.5. The highest BCUT2D eigenvalue weighted by Crippen LogP contribution is 2.25. The van der Waals surface area contributed by atoms with Gasteiger partial charge in [0.2, 0.25) is 0 Å².